The van der Waals surface area contributed by atoms with Crippen LogP contribution in [0.15, 0.2) is 65.7 Å². The van der Waals surface area contributed by atoms with Gasteiger partial charge in [0, 0.05) is 48.1 Å². The van der Waals surface area contributed by atoms with E-state index in [1.165, 1.54) is 16.7 Å². The Kier molecular flexibility index (Phi) is 4.87. The molecular weight excluding hydrogens is 382 g/mol. The lowest BCUT2D eigenvalue weighted by Gasteiger charge is -2.14. The molecule has 0 saturated heterocycles. The fourth-order valence-electron chi connectivity index (χ4n) is 3.48. The highest BCUT2D eigenvalue weighted by Crippen LogP contribution is 2.39. The Hall–Kier alpha value is -3.87. The number of benzene rings is 2. The standard InChI is InChI=1S/C23H21N3O4/c1-14(2)15-5-4-6-17(11-15)30-21-8-7-16(26(28)29)12-19(21)20-13-25(3)23(27)22-18(20)9-10-24-22/h4-14,24H,1-3H3. The van der Waals surface area contributed by atoms with Crippen LogP contribution in [0.1, 0.15) is 25.3 Å². The molecule has 2 aromatic heterocycles. The molecule has 0 aliphatic heterocycles. The maximum atomic E-state index is 12.4. The zero-order valence-electron chi connectivity index (χ0n) is 16.9. The smallest absolute Gasteiger partial charge is 0.274 e. The molecule has 30 heavy (non-hydrogen) atoms. The summed E-state index contributed by atoms with van der Waals surface area (Å²) in [6, 6.07) is 14.0. The van der Waals surface area contributed by atoms with Crippen molar-refractivity contribution in [1.82, 2.24) is 9.55 Å². The van der Waals surface area contributed by atoms with Crippen LogP contribution >= 0.6 is 0 Å². The van der Waals surface area contributed by atoms with Crippen molar-refractivity contribution in [2.45, 2.75) is 19.8 Å². The summed E-state index contributed by atoms with van der Waals surface area (Å²) < 4.78 is 7.62. The Labute approximate surface area is 172 Å². The summed E-state index contributed by atoms with van der Waals surface area (Å²) in [5, 5.41) is 12.1. The molecule has 2 heterocycles. The second-order valence-corrected chi connectivity index (χ2v) is 7.49. The van der Waals surface area contributed by atoms with E-state index in [4.69, 9.17) is 4.74 Å². The number of fused-ring (bicyclic) bond motifs is 1. The van der Waals surface area contributed by atoms with E-state index in [-0.39, 0.29) is 11.2 Å². The zero-order valence-corrected chi connectivity index (χ0v) is 16.9. The van der Waals surface area contributed by atoms with Crippen molar-refractivity contribution < 1.29 is 9.66 Å². The highest BCUT2D eigenvalue weighted by molar-refractivity contribution is 5.96. The van der Waals surface area contributed by atoms with Crippen LogP contribution in [0.3, 0.4) is 0 Å². The van der Waals surface area contributed by atoms with Gasteiger partial charge >= 0.3 is 0 Å². The van der Waals surface area contributed by atoms with Crippen LogP contribution in [0, 0.1) is 10.1 Å². The molecule has 1 N–H and O–H groups in total. The van der Waals surface area contributed by atoms with Crippen molar-refractivity contribution in [2.24, 2.45) is 7.05 Å². The number of H-pyrrole nitrogens is 1. The van der Waals surface area contributed by atoms with Gasteiger partial charge in [-0.15, -0.1) is 0 Å². The minimum Gasteiger partial charge on any atom is -0.457 e. The number of non-ortho nitro benzene ring substituents is 1. The van der Waals surface area contributed by atoms with E-state index in [0.717, 1.165) is 5.56 Å². The molecule has 0 fully saturated rings. The molecule has 4 aromatic rings. The van der Waals surface area contributed by atoms with Crippen LogP contribution in [0.5, 0.6) is 11.5 Å². The van der Waals surface area contributed by atoms with Gasteiger partial charge in [0.15, 0.2) is 0 Å². The minimum absolute atomic E-state index is 0.0502. The van der Waals surface area contributed by atoms with E-state index in [1.807, 2.05) is 24.3 Å². The van der Waals surface area contributed by atoms with Crippen molar-refractivity contribution in [3.8, 4) is 22.6 Å². The number of aromatic nitrogens is 2. The number of hydrogen-bond acceptors (Lipinski definition) is 4. The van der Waals surface area contributed by atoms with Gasteiger partial charge in [-0.1, -0.05) is 26.0 Å². The molecule has 0 saturated carbocycles. The number of pyridine rings is 1. The third-order valence-electron chi connectivity index (χ3n) is 5.11. The van der Waals surface area contributed by atoms with Gasteiger partial charge in [0.25, 0.3) is 11.2 Å². The molecule has 7 heteroatoms. The van der Waals surface area contributed by atoms with E-state index in [9.17, 15) is 14.9 Å². The average Bonchev–Trinajstić information content (AvgIpc) is 3.21. The third kappa shape index (κ3) is 3.45. The largest absolute Gasteiger partial charge is 0.457 e. The summed E-state index contributed by atoms with van der Waals surface area (Å²) in [7, 11) is 1.65. The first-order valence-electron chi connectivity index (χ1n) is 9.58. The number of nitro benzene ring substituents is 1. The van der Waals surface area contributed by atoms with Gasteiger partial charge in [0.2, 0.25) is 0 Å². The Balaban J connectivity index is 1.91. The quantitative estimate of drug-likeness (QED) is 0.359. The first-order chi connectivity index (χ1) is 14.3. The maximum Gasteiger partial charge on any atom is 0.274 e. The molecule has 0 aliphatic carbocycles. The van der Waals surface area contributed by atoms with E-state index in [1.54, 1.807) is 31.6 Å². The van der Waals surface area contributed by atoms with Gasteiger partial charge in [-0.3, -0.25) is 14.9 Å². The average molecular weight is 403 g/mol. The predicted molar refractivity (Wildman–Crippen MR) is 116 cm³/mol. The van der Waals surface area contributed by atoms with Crippen LogP contribution in [-0.4, -0.2) is 14.5 Å². The van der Waals surface area contributed by atoms with E-state index in [0.29, 0.717) is 39.4 Å². The lowest BCUT2D eigenvalue weighted by molar-refractivity contribution is -0.384. The van der Waals surface area contributed by atoms with Crippen molar-refractivity contribution in [2.75, 3.05) is 0 Å². The number of aryl methyl sites for hydroxylation is 1. The summed E-state index contributed by atoms with van der Waals surface area (Å²) in [5.74, 6) is 1.46. The van der Waals surface area contributed by atoms with Crippen LogP contribution in [0.4, 0.5) is 5.69 Å². The molecule has 0 spiro atoms. The number of nitrogens with zero attached hydrogens (tertiary/aromatic N) is 2. The fourth-order valence-corrected chi connectivity index (χ4v) is 3.48. The number of hydrogen-bond donors (Lipinski definition) is 1. The monoisotopic (exact) mass is 403 g/mol. The number of ether oxygens (including phenoxy) is 1. The molecular formula is C23H21N3O4. The maximum absolute atomic E-state index is 12.4. The molecule has 152 valence electrons. The summed E-state index contributed by atoms with van der Waals surface area (Å²) in [4.78, 5) is 26.3. The second-order valence-electron chi connectivity index (χ2n) is 7.49. The second kappa shape index (κ2) is 7.51. The van der Waals surface area contributed by atoms with Crippen LogP contribution < -0.4 is 10.3 Å². The Morgan fingerprint density at radius 3 is 2.63 bits per heavy atom. The molecule has 0 amide bonds. The normalized spacial score (nSPS) is 11.2. The number of rotatable bonds is 5. The summed E-state index contributed by atoms with van der Waals surface area (Å²) in [6.45, 7) is 4.20. The van der Waals surface area contributed by atoms with Crippen molar-refractivity contribution in [3.05, 3.63) is 87.0 Å². The summed E-state index contributed by atoms with van der Waals surface area (Å²) >= 11 is 0. The molecule has 7 nitrogen and oxygen atoms in total. The predicted octanol–water partition coefficient (Wildman–Crippen LogP) is 5.36. The van der Waals surface area contributed by atoms with Gasteiger partial charge < -0.3 is 14.3 Å². The number of nitrogens with one attached hydrogen (secondary N) is 1. The molecule has 0 radical (unpaired) electrons. The molecule has 0 aliphatic rings. The van der Waals surface area contributed by atoms with E-state index < -0.39 is 4.92 Å². The summed E-state index contributed by atoms with van der Waals surface area (Å²) in [6.07, 6.45) is 3.36. The topological polar surface area (TPSA) is 90.2 Å². The highest BCUT2D eigenvalue weighted by atomic mass is 16.6. The van der Waals surface area contributed by atoms with E-state index in [2.05, 4.69) is 18.8 Å². The Morgan fingerprint density at radius 1 is 1.10 bits per heavy atom. The molecule has 0 bridgehead atoms. The van der Waals surface area contributed by atoms with Gasteiger partial charge in [-0.2, -0.15) is 0 Å². The van der Waals surface area contributed by atoms with Gasteiger partial charge in [0.1, 0.15) is 17.0 Å². The van der Waals surface area contributed by atoms with Crippen LogP contribution in [0.25, 0.3) is 22.0 Å². The fraction of sp³-hybridized carbons (Fsp3) is 0.174. The Bertz CT molecular complexity index is 1320. The van der Waals surface area contributed by atoms with Gasteiger partial charge in [-0.25, -0.2) is 0 Å². The van der Waals surface area contributed by atoms with Gasteiger partial charge in [-0.05, 0) is 35.7 Å². The molecule has 4 rings (SSSR count). The first kappa shape index (κ1) is 19.4. The lowest BCUT2D eigenvalue weighted by atomic mass is 10.0. The molecule has 2 aromatic carbocycles. The highest BCUT2D eigenvalue weighted by Gasteiger charge is 2.18. The third-order valence-corrected chi connectivity index (χ3v) is 5.11. The SMILES string of the molecule is CC(C)c1cccc(Oc2ccc([N+](=O)[O-])cc2-c2cn(C)c(=O)c3[nH]ccc23)c1. The van der Waals surface area contributed by atoms with Gasteiger partial charge in [0.05, 0.1) is 4.92 Å². The van der Waals surface area contributed by atoms with Crippen LogP contribution in [0.2, 0.25) is 0 Å². The lowest BCUT2D eigenvalue weighted by Crippen LogP contribution is -2.16. The molecule has 0 unspecified atom stereocenters. The Morgan fingerprint density at radius 2 is 1.90 bits per heavy atom. The number of nitro groups is 1. The van der Waals surface area contributed by atoms with Crippen molar-refractivity contribution in [1.29, 1.82) is 0 Å². The first-order valence-corrected chi connectivity index (χ1v) is 9.58. The molecule has 0 atom stereocenters. The van der Waals surface area contributed by atoms with E-state index >= 15 is 0 Å². The number of aromatic amines is 1. The van der Waals surface area contributed by atoms with Crippen molar-refractivity contribution in [3.63, 3.8) is 0 Å². The minimum atomic E-state index is -0.442. The summed E-state index contributed by atoms with van der Waals surface area (Å²) in [5.41, 5.74) is 2.56. The zero-order chi connectivity index (χ0) is 21.4. The van der Waals surface area contributed by atoms with Crippen LogP contribution in [-0.2, 0) is 7.05 Å². The van der Waals surface area contributed by atoms with Crippen molar-refractivity contribution >= 4 is 16.6 Å².